The van der Waals surface area contributed by atoms with Gasteiger partial charge < -0.3 is 15.0 Å². The van der Waals surface area contributed by atoms with E-state index in [-0.39, 0.29) is 23.7 Å². The molecule has 2 amide bonds. The summed E-state index contributed by atoms with van der Waals surface area (Å²) in [6.07, 6.45) is 1.78. The first kappa shape index (κ1) is 19.0. The number of carbonyl (C=O) groups is 1. The van der Waals surface area contributed by atoms with E-state index in [0.29, 0.717) is 24.5 Å². The Bertz CT molecular complexity index is 870. The van der Waals surface area contributed by atoms with Gasteiger partial charge in [-0.1, -0.05) is 6.07 Å². The SMILES string of the molecule is COc1cccc(NC(=O)N2CCCC(c3nn(C)c(=O)n3C(C)C)C2)c1. The van der Waals surface area contributed by atoms with Gasteiger partial charge in [0.2, 0.25) is 0 Å². The molecule has 0 spiro atoms. The maximum atomic E-state index is 12.7. The van der Waals surface area contributed by atoms with E-state index in [1.54, 1.807) is 29.7 Å². The van der Waals surface area contributed by atoms with Crippen LogP contribution in [0.5, 0.6) is 5.75 Å². The number of aromatic nitrogens is 3. The normalized spacial score (nSPS) is 17.2. The van der Waals surface area contributed by atoms with Gasteiger partial charge in [0, 0.05) is 43.9 Å². The minimum atomic E-state index is -0.151. The van der Waals surface area contributed by atoms with Crippen LogP contribution in [0.3, 0.4) is 0 Å². The van der Waals surface area contributed by atoms with Crippen molar-refractivity contribution in [3.8, 4) is 5.75 Å². The first-order valence-corrected chi connectivity index (χ1v) is 9.26. The molecule has 8 nitrogen and oxygen atoms in total. The number of anilines is 1. The molecule has 2 heterocycles. The fraction of sp³-hybridized carbons (Fsp3) is 0.526. The fourth-order valence-corrected chi connectivity index (χ4v) is 3.54. The van der Waals surface area contributed by atoms with Crippen molar-refractivity contribution in [1.82, 2.24) is 19.2 Å². The van der Waals surface area contributed by atoms with E-state index in [2.05, 4.69) is 10.4 Å². The molecule has 1 aliphatic rings. The lowest BCUT2D eigenvalue weighted by Crippen LogP contribution is -2.42. The largest absolute Gasteiger partial charge is 0.497 e. The molecule has 0 saturated carbocycles. The molecule has 27 heavy (non-hydrogen) atoms. The van der Waals surface area contributed by atoms with Gasteiger partial charge in [-0.05, 0) is 38.8 Å². The molecule has 8 heteroatoms. The first-order chi connectivity index (χ1) is 12.9. The zero-order chi connectivity index (χ0) is 19.6. The van der Waals surface area contributed by atoms with E-state index >= 15 is 0 Å². The standard InChI is InChI=1S/C19H27N5O3/c1-13(2)24-17(21-22(3)19(24)26)14-7-6-10-23(12-14)18(25)20-15-8-5-9-16(11-15)27-4/h5,8-9,11,13-14H,6-7,10,12H2,1-4H3,(H,20,25). The Labute approximate surface area is 158 Å². The van der Waals surface area contributed by atoms with Gasteiger partial charge >= 0.3 is 11.7 Å². The highest BCUT2D eigenvalue weighted by Gasteiger charge is 2.30. The summed E-state index contributed by atoms with van der Waals surface area (Å²) in [6, 6.07) is 7.16. The van der Waals surface area contributed by atoms with Gasteiger partial charge in [0.15, 0.2) is 0 Å². The average molecular weight is 373 g/mol. The molecular weight excluding hydrogens is 346 g/mol. The maximum Gasteiger partial charge on any atom is 0.345 e. The summed E-state index contributed by atoms with van der Waals surface area (Å²) < 4.78 is 8.31. The Morgan fingerprint density at radius 2 is 2.15 bits per heavy atom. The minimum Gasteiger partial charge on any atom is -0.497 e. The van der Waals surface area contributed by atoms with Gasteiger partial charge in [-0.15, -0.1) is 0 Å². The van der Waals surface area contributed by atoms with E-state index in [9.17, 15) is 9.59 Å². The van der Waals surface area contributed by atoms with Crippen LogP contribution in [0.1, 0.15) is 44.5 Å². The molecule has 1 aromatic carbocycles. The highest BCUT2D eigenvalue weighted by atomic mass is 16.5. The van der Waals surface area contributed by atoms with Crippen molar-refractivity contribution >= 4 is 11.7 Å². The zero-order valence-electron chi connectivity index (χ0n) is 16.3. The number of amides is 2. The third-order valence-electron chi connectivity index (χ3n) is 4.89. The topological polar surface area (TPSA) is 81.4 Å². The van der Waals surface area contributed by atoms with E-state index in [0.717, 1.165) is 18.7 Å². The maximum absolute atomic E-state index is 12.7. The number of benzene rings is 1. The summed E-state index contributed by atoms with van der Waals surface area (Å²) >= 11 is 0. The van der Waals surface area contributed by atoms with Crippen LogP contribution in [0, 0.1) is 0 Å². The molecule has 1 atom stereocenters. The number of piperidine rings is 1. The summed E-state index contributed by atoms with van der Waals surface area (Å²) in [4.78, 5) is 26.9. The van der Waals surface area contributed by atoms with Gasteiger partial charge in [-0.3, -0.25) is 4.57 Å². The van der Waals surface area contributed by atoms with Gasteiger partial charge in [0.1, 0.15) is 11.6 Å². The highest BCUT2D eigenvalue weighted by molar-refractivity contribution is 5.89. The number of methoxy groups -OCH3 is 1. The second kappa shape index (κ2) is 7.85. The average Bonchev–Trinajstić information content (AvgIpc) is 2.97. The summed E-state index contributed by atoms with van der Waals surface area (Å²) in [5, 5.41) is 7.37. The fourth-order valence-electron chi connectivity index (χ4n) is 3.54. The van der Waals surface area contributed by atoms with Gasteiger partial charge in [-0.2, -0.15) is 5.10 Å². The number of carbonyl (C=O) groups excluding carboxylic acids is 1. The number of nitrogens with zero attached hydrogens (tertiary/aromatic N) is 4. The van der Waals surface area contributed by atoms with Crippen LogP contribution >= 0.6 is 0 Å². The van der Waals surface area contributed by atoms with Crippen LogP contribution in [-0.4, -0.2) is 45.5 Å². The molecule has 1 aliphatic heterocycles. The van der Waals surface area contributed by atoms with Crippen LogP contribution in [0.15, 0.2) is 29.1 Å². The number of nitrogens with one attached hydrogen (secondary N) is 1. The van der Waals surface area contributed by atoms with Crippen molar-refractivity contribution in [3.63, 3.8) is 0 Å². The van der Waals surface area contributed by atoms with E-state index < -0.39 is 0 Å². The Balaban J connectivity index is 1.75. The van der Waals surface area contributed by atoms with Crippen LogP contribution < -0.4 is 15.7 Å². The van der Waals surface area contributed by atoms with Gasteiger partial charge in [0.25, 0.3) is 0 Å². The molecule has 0 radical (unpaired) electrons. The second-order valence-electron chi connectivity index (χ2n) is 7.18. The van der Waals surface area contributed by atoms with E-state index in [1.165, 1.54) is 4.68 Å². The lowest BCUT2D eigenvalue weighted by molar-refractivity contribution is 0.190. The number of ether oxygens (including phenoxy) is 1. The number of urea groups is 1. The van der Waals surface area contributed by atoms with Crippen LogP contribution in [-0.2, 0) is 7.05 Å². The molecule has 146 valence electrons. The molecule has 1 fully saturated rings. The molecule has 0 aliphatic carbocycles. The van der Waals surface area contributed by atoms with Crippen LogP contribution in [0.4, 0.5) is 10.5 Å². The Morgan fingerprint density at radius 1 is 1.37 bits per heavy atom. The summed E-state index contributed by atoms with van der Waals surface area (Å²) in [6.45, 7) is 5.18. The summed E-state index contributed by atoms with van der Waals surface area (Å²) in [7, 11) is 3.26. The van der Waals surface area contributed by atoms with Crippen molar-refractivity contribution in [1.29, 1.82) is 0 Å². The summed E-state index contributed by atoms with van der Waals surface area (Å²) in [5.74, 6) is 1.50. The lowest BCUT2D eigenvalue weighted by atomic mass is 9.97. The molecule has 0 bridgehead atoms. The Kier molecular flexibility index (Phi) is 5.53. The van der Waals surface area contributed by atoms with Crippen molar-refractivity contribution in [2.45, 2.75) is 38.6 Å². The monoisotopic (exact) mass is 373 g/mol. The van der Waals surface area contributed by atoms with Crippen molar-refractivity contribution in [3.05, 3.63) is 40.6 Å². The summed E-state index contributed by atoms with van der Waals surface area (Å²) in [5.41, 5.74) is 0.580. The molecule has 1 saturated heterocycles. The predicted octanol–water partition coefficient (Wildman–Crippen LogP) is 2.58. The Hall–Kier alpha value is -2.77. The molecule has 3 rings (SSSR count). The molecule has 1 aromatic heterocycles. The van der Waals surface area contributed by atoms with Crippen LogP contribution in [0.25, 0.3) is 0 Å². The molecule has 1 N–H and O–H groups in total. The number of hydrogen-bond acceptors (Lipinski definition) is 4. The van der Waals surface area contributed by atoms with Gasteiger partial charge in [-0.25, -0.2) is 14.3 Å². The van der Waals surface area contributed by atoms with Crippen molar-refractivity contribution in [2.75, 3.05) is 25.5 Å². The highest BCUT2D eigenvalue weighted by Crippen LogP contribution is 2.27. The van der Waals surface area contributed by atoms with Crippen LogP contribution in [0.2, 0.25) is 0 Å². The quantitative estimate of drug-likeness (QED) is 0.893. The van der Waals surface area contributed by atoms with Crippen molar-refractivity contribution in [2.24, 2.45) is 7.05 Å². The van der Waals surface area contributed by atoms with Crippen molar-refractivity contribution < 1.29 is 9.53 Å². The second-order valence-corrected chi connectivity index (χ2v) is 7.18. The van der Waals surface area contributed by atoms with E-state index in [1.807, 2.05) is 32.0 Å². The third kappa shape index (κ3) is 3.99. The predicted molar refractivity (Wildman–Crippen MR) is 103 cm³/mol. The lowest BCUT2D eigenvalue weighted by Gasteiger charge is -2.32. The molecule has 2 aromatic rings. The molecule has 1 unspecified atom stereocenters. The smallest absolute Gasteiger partial charge is 0.345 e. The number of aryl methyl sites for hydroxylation is 1. The Morgan fingerprint density at radius 3 is 2.85 bits per heavy atom. The first-order valence-electron chi connectivity index (χ1n) is 9.26. The molecular formula is C19H27N5O3. The third-order valence-corrected chi connectivity index (χ3v) is 4.89. The number of rotatable bonds is 4. The van der Waals surface area contributed by atoms with Gasteiger partial charge in [0.05, 0.1) is 7.11 Å². The zero-order valence-corrected chi connectivity index (χ0v) is 16.3. The number of likely N-dealkylation sites (tertiary alicyclic amines) is 1. The minimum absolute atomic E-state index is 0.0298. The number of hydrogen-bond donors (Lipinski definition) is 1. The van der Waals surface area contributed by atoms with E-state index in [4.69, 9.17) is 4.74 Å².